The van der Waals surface area contributed by atoms with Crippen LogP contribution in [0, 0.1) is 23.7 Å². The molecule has 4 aromatic rings. The van der Waals surface area contributed by atoms with Crippen LogP contribution < -0.4 is 20.1 Å². The van der Waals surface area contributed by atoms with Crippen molar-refractivity contribution in [1.29, 1.82) is 0 Å². The van der Waals surface area contributed by atoms with Crippen LogP contribution in [0.1, 0.15) is 76.6 Å². The number of pyridine rings is 2. The zero-order chi connectivity index (χ0) is 42.0. The molecule has 2 amide bonds. The average Bonchev–Trinajstić information content (AvgIpc) is 3.19. The van der Waals surface area contributed by atoms with Gasteiger partial charge in [-0.3, -0.25) is 19.6 Å². The molecule has 2 saturated carbocycles. The number of benzene rings is 2. The summed E-state index contributed by atoms with van der Waals surface area (Å²) >= 11 is 11.7. The molecule has 2 aliphatic carbocycles. The lowest BCUT2D eigenvalue weighted by Crippen LogP contribution is -2.32. The number of alkyl halides is 6. The van der Waals surface area contributed by atoms with E-state index in [1.807, 2.05) is 13.8 Å². The van der Waals surface area contributed by atoms with Crippen LogP contribution in [0.15, 0.2) is 85.2 Å². The van der Waals surface area contributed by atoms with Crippen LogP contribution in [0.25, 0.3) is 0 Å². The third-order valence-electron chi connectivity index (χ3n) is 10.6. The lowest BCUT2D eigenvalue weighted by Gasteiger charge is -2.32. The highest BCUT2D eigenvalue weighted by Crippen LogP contribution is 2.36. The predicted octanol–water partition coefficient (Wildman–Crippen LogP) is 11.9. The summed E-state index contributed by atoms with van der Waals surface area (Å²) in [6, 6.07) is 18.6. The number of carbonyl (C=O) groups is 2. The molecule has 2 aliphatic rings. The molecule has 312 valence electrons. The molecule has 2 atom stereocenters. The van der Waals surface area contributed by atoms with E-state index in [-0.39, 0.29) is 59.2 Å². The molecule has 0 radical (unpaired) electrons. The number of hydrogen-bond acceptors (Lipinski definition) is 6. The number of ether oxygens (including phenoxy) is 2. The largest absolute Gasteiger partial charge is 0.490 e. The first-order valence-electron chi connectivity index (χ1n) is 19.0. The van der Waals surface area contributed by atoms with E-state index in [2.05, 4.69) is 20.6 Å². The molecule has 0 bridgehead atoms. The highest BCUT2D eigenvalue weighted by atomic mass is 35.5. The summed E-state index contributed by atoms with van der Waals surface area (Å²) in [5.41, 5.74) is -0.532. The van der Waals surface area contributed by atoms with Crippen molar-refractivity contribution in [2.75, 3.05) is 10.6 Å². The third-order valence-corrected chi connectivity index (χ3v) is 11.1. The second-order valence-electron chi connectivity index (χ2n) is 14.6. The fraction of sp³-hybridized carbons (Fsp3) is 0.429. The molecule has 0 unspecified atom stereocenters. The van der Waals surface area contributed by atoms with Crippen LogP contribution >= 0.6 is 23.2 Å². The Morgan fingerprint density at radius 2 is 0.914 bits per heavy atom. The van der Waals surface area contributed by atoms with Crippen molar-refractivity contribution in [3.63, 3.8) is 0 Å². The molecule has 6 rings (SSSR count). The minimum Gasteiger partial charge on any atom is -0.490 e. The van der Waals surface area contributed by atoms with Gasteiger partial charge in [-0.05, 0) is 124 Å². The average molecular weight is 854 g/mol. The quantitative estimate of drug-likeness (QED) is 0.154. The molecule has 0 spiro atoms. The SMILES string of the molecule is C[C@@H](C(=O)Nc1ccc(Cl)cc1)C1CCC(Oc2ccnc(C(F)(F)F)c2)CC1.C[C@H](C(=O)Nc1ccc(Cl)cc1)C1CCC(Oc2ccnc(C(F)(F)F)c2)CC1. The first kappa shape index (κ1) is 44.5. The lowest BCUT2D eigenvalue weighted by molar-refractivity contribution is -0.142. The van der Waals surface area contributed by atoms with Gasteiger partial charge in [0.05, 0.1) is 12.2 Å². The van der Waals surface area contributed by atoms with E-state index in [0.29, 0.717) is 47.1 Å². The van der Waals surface area contributed by atoms with E-state index in [4.69, 9.17) is 32.7 Å². The normalized spacial score (nSPS) is 20.7. The van der Waals surface area contributed by atoms with Gasteiger partial charge in [-0.1, -0.05) is 37.0 Å². The number of anilines is 2. The van der Waals surface area contributed by atoms with Crippen molar-refractivity contribution in [2.24, 2.45) is 23.7 Å². The van der Waals surface area contributed by atoms with Crippen LogP contribution in [0.3, 0.4) is 0 Å². The van der Waals surface area contributed by atoms with Gasteiger partial charge in [-0.25, -0.2) is 0 Å². The maximum absolute atomic E-state index is 12.8. The zero-order valence-corrected chi connectivity index (χ0v) is 33.3. The van der Waals surface area contributed by atoms with Crippen molar-refractivity contribution in [2.45, 2.75) is 89.8 Å². The van der Waals surface area contributed by atoms with Gasteiger partial charge in [0.15, 0.2) is 0 Å². The predicted molar refractivity (Wildman–Crippen MR) is 210 cm³/mol. The van der Waals surface area contributed by atoms with Gasteiger partial charge in [0.1, 0.15) is 22.9 Å². The fourth-order valence-corrected chi connectivity index (χ4v) is 7.34. The molecule has 2 aromatic heterocycles. The van der Waals surface area contributed by atoms with Crippen LogP contribution in [0.2, 0.25) is 10.0 Å². The Balaban J connectivity index is 0.000000221. The van der Waals surface area contributed by atoms with Crippen LogP contribution in [-0.4, -0.2) is 34.0 Å². The number of hydrogen-bond donors (Lipinski definition) is 2. The number of nitrogens with one attached hydrogen (secondary N) is 2. The van der Waals surface area contributed by atoms with E-state index in [9.17, 15) is 35.9 Å². The number of carbonyl (C=O) groups excluding carboxylic acids is 2. The molecule has 8 nitrogen and oxygen atoms in total. The summed E-state index contributed by atoms with van der Waals surface area (Å²) in [7, 11) is 0. The first-order valence-corrected chi connectivity index (χ1v) is 19.7. The number of rotatable bonds is 10. The molecule has 58 heavy (non-hydrogen) atoms. The van der Waals surface area contributed by atoms with Gasteiger partial charge in [0.25, 0.3) is 0 Å². The Labute approximate surface area is 343 Å². The number of halogens is 8. The standard InChI is InChI=1S/2C21H22ClF3N2O2/c2*1-13(20(28)27-16-6-4-15(22)5-7-16)14-2-8-17(9-3-14)29-18-10-11-26-19(12-18)21(23,24)25/h2*4-7,10-14,17H,2-3,8-9H2,1H3,(H,27,28)/t2*13-,14?,17?/m10/s1. The molecule has 0 aliphatic heterocycles. The van der Waals surface area contributed by atoms with Gasteiger partial charge in [-0.15, -0.1) is 0 Å². The van der Waals surface area contributed by atoms with Crippen molar-refractivity contribution < 1.29 is 45.4 Å². The minimum absolute atomic E-state index is 0.0550. The topological polar surface area (TPSA) is 102 Å². The zero-order valence-electron chi connectivity index (χ0n) is 31.8. The molecular formula is C42H44Cl2F6N4O4. The van der Waals surface area contributed by atoms with Gasteiger partial charge >= 0.3 is 12.4 Å². The van der Waals surface area contributed by atoms with Crippen molar-refractivity contribution in [1.82, 2.24) is 9.97 Å². The van der Waals surface area contributed by atoms with Gasteiger partial charge in [0.2, 0.25) is 11.8 Å². The van der Waals surface area contributed by atoms with E-state index in [1.54, 1.807) is 48.5 Å². The molecule has 0 saturated heterocycles. The Bertz CT molecular complexity index is 1810. The third kappa shape index (κ3) is 13.2. The van der Waals surface area contributed by atoms with E-state index >= 15 is 0 Å². The van der Waals surface area contributed by atoms with E-state index in [0.717, 1.165) is 50.2 Å². The monoisotopic (exact) mass is 852 g/mol. The highest BCUT2D eigenvalue weighted by Gasteiger charge is 2.35. The smallest absolute Gasteiger partial charge is 0.433 e. The van der Waals surface area contributed by atoms with Gasteiger partial charge in [-0.2, -0.15) is 26.3 Å². The maximum Gasteiger partial charge on any atom is 0.433 e. The Hall–Kier alpha value is -4.56. The summed E-state index contributed by atoms with van der Waals surface area (Å²) < 4.78 is 88.1. The van der Waals surface area contributed by atoms with Gasteiger partial charge < -0.3 is 20.1 Å². The van der Waals surface area contributed by atoms with Crippen LogP contribution in [0.5, 0.6) is 11.5 Å². The molecule has 2 fully saturated rings. The number of amides is 2. The lowest BCUT2D eigenvalue weighted by atomic mass is 9.79. The number of nitrogens with zero attached hydrogens (tertiary/aromatic N) is 2. The summed E-state index contributed by atoms with van der Waals surface area (Å²) in [5.74, 6) is 0.277. The minimum atomic E-state index is -4.50. The Kier molecular flexibility index (Phi) is 15.3. The first-order chi connectivity index (χ1) is 27.4. The molecule has 16 heteroatoms. The summed E-state index contributed by atoms with van der Waals surface area (Å²) in [6.45, 7) is 3.80. The number of aromatic nitrogens is 2. The maximum atomic E-state index is 12.8. The molecular weight excluding hydrogens is 809 g/mol. The fourth-order valence-electron chi connectivity index (χ4n) is 7.08. The molecule has 2 heterocycles. The second-order valence-corrected chi connectivity index (χ2v) is 15.5. The molecule has 2 aromatic carbocycles. The summed E-state index contributed by atoms with van der Waals surface area (Å²) in [5, 5.41) is 7.00. The van der Waals surface area contributed by atoms with E-state index in [1.165, 1.54) is 12.1 Å². The highest BCUT2D eigenvalue weighted by molar-refractivity contribution is 6.31. The van der Waals surface area contributed by atoms with Crippen molar-refractivity contribution in [3.05, 3.63) is 107 Å². The van der Waals surface area contributed by atoms with Gasteiger partial charge in [0, 0.05) is 57.8 Å². The van der Waals surface area contributed by atoms with E-state index < -0.39 is 23.7 Å². The Morgan fingerprint density at radius 1 is 0.586 bits per heavy atom. The molecule has 2 N–H and O–H groups in total. The second kappa shape index (κ2) is 19.9. The van der Waals surface area contributed by atoms with Crippen LogP contribution in [-0.2, 0) is 21.9 Å². The Morgan fingerprint density at radius 3 is 1.22 bits per heavy atom. The van der Waals surface area contributed by atoms with Crippen LogP contribution in [0.4, 0.5) is 37.7 Å². The van der Waals surface area contributed by atoms with Crippen molar-refractivity contribution >= 4 is 46.4 Å². The van der Waals surface area contributed by atoms with Crippen molar-refractivity contribution in [3.8, 4) is 11.5 Å². The summed E-state index contributed by atoms with van der Waals surface area (Å²) in [4.78, 5) is 31.7. The summed E-state index contributed by atoms with van der Waals surface area (Å²) in [6.07, 6.45) is -1.27.